The number of nitrogens with zero attached hydrogens (tertiary/aromatic N) is 1. The number of carbonyl (C=O) groups excluding carboxylic acids is 2. The summed E-state index contributed by atoms with van der Waals surface area (Å²) in [5.74, 6) is -0.690. The monoisotopic (exact) mass is 282 g/mol. The fourth-order valence-corrected chi connectivity index (χ4v) is 3.21. The lowest BCUT2D eigenvalue weighted by Gasteiger charge is -2.20. The second-order valence-electron chi connectivity index (χ2n) is 5.51. The minimum Gasteiger partial charge on any atom is -0.388 e. The molecule has 4 rings (SSSR count). The Morgan fingerprint density at radius 3 is 2.81 bits per heavy atom. The van der Waals surface area contributed by atoms with E-state index in [0.717, 1.165) is 36.2 Å². The number of benzene rings is 1. The minimum absolute atomic E-state index is 0.341. The number of aliphatic hydroxyl groups is 1. The van der Waals surface area contributed by atoms with Crippen molar-refractivity contribution in [2.45, 2.75) is 25.4 Å². The van der Waals surface area contributed by atoms with Gasteiger partial charge in [0.1, 0.15) is 0 Å². The number of imide groups is 1. The summed E-state index contributed by atoms with van der Waals surface area (Å²) in [6, 6.07) is 7.17. The predicted octanol–water partition coefficient (Wildman–Crippen LogP) is 1.73. The van der Waals surface area contributed by atoms with Crippen LogP contribution in [-0.4, -0.2) is 21.5 Å². The highest BCUT2D eigenvalue weighted by molar-refractivity contribution is 6.21. The van der Waals surface area contributed by atoms with E-state index in [4.69, 9.17) is 0 Å². The number of carbonyl (C=O) groups is 2. The van der Waals surface area contributed by atoms with Crippen LogP contribution in [0.25, 0.3) is 5.69 Å². The molecule has 2 heterocycles. The number of hydrogen-bond donors (Lipinski definition) is 2. The standard InChI is InChI=1S/C16H14N2O3/c19-14-3-1-2-13-11(14)6-7-18(13)9-4-5-10-12(8-9)16(21)17-15(10)20/h4-8,14,19H,1-3H2,(H,17,20,21). The van der Waals surface area contributed by atoms with Gasteiger partial charge in [-0.1, -0.05) is 0 Å². The van der Waals surface area contributed by atoms with E-state index in [9.17, 15) is 14.7 Å². The van der Waals surface area contributed by atoms with Crippen LogP contribution in [0.5, 0.6) is 0 Å². The van der Waals surface area contributed by atoms with Crippen LogP contribution in [-0.2, 0) is 6.42 Å². The maximum atomic E-state index is 11.8. The van der Waals surface area contributed by atoms with Gasteiger partial charge in [-0.3, -0.25) is 14.9 Å². The predicted molar refractivity (Wildman–Crippen MR) is 75.5 cm³/mol. The third kappa shape index (κ3) is 1.74. The van der Waals surface area contributed by atoms with Crippen LogP contribution in [0.1, 0.15) is 50.9 Å². The SMILES string of the molecule is O=C1NC(=O)c2cc(-n3ccc4c3CCCC4O)ccc21. The first-order valence-electron chi connectivity index (χ1n) is 7.03. The van der Waals surface area contributed by atoms with Gasteiger partial charge in [0, 0.05) is 23.1 Å². The molecule has 5 nitrogen and oxygen atoms in total. The number of nitrogens with one attached hydrogen (secondary N) is 1. The first kappa shape index (κ1) is 12.3. The van der Waals surface area contributed by atoms with Gasteiger partial charge in [0.2, 0.25) is 0 Å². The number of aliphatic hydroxyl groups excluding tert-OH is 1. The van der Waals surface area contributed by atoms with Gasteiger partial charge in [0.25, 0.3) is 11.8 Å². The maximum absolute atomic E-state index is 11.8. The molecule has 2 aromatic rings. The molecule has 0 radical (unpaired) electrons. The molecule has 1 aliphatic carbocycles. The van der Waals surface area contributed by atoms with E-state index in [0.29, 0.717) is 11.1 Å². The second kappa shape index (κ2) is 4.30. The quantitative estimate of drug-likeness (QED) is 0.782. The van der Waals surface area contributed by atoms with Crippen molar-refractivity contribution in [3.05, 3.63) is 52.8 Å². The highest BCUT2D eigenvalue weighted by atomic mass is 16.3. The van der Waals surface area contributed by atoms with Crippen LogP contribution >= 0.6 is 0 Å². The van der Waals surface area contributed by atoms with Gasteiger partial charge in [-0.25, -0.2) is 0 Å². The number of amides is 2. The fourth-order valence-electron chi connectivity index (χ4n) is 3.21. The van der Waals surface area contributed by atoms with Crippen LogP contribution in [0, 0.1) is 0 Å². The normalized spacial score (nSPS) is 20.1. The molecule has 106 valence electrons. The van der Waals surface area contributed by atoms with Gasteiger partial charge in [-0.05, 0) is 43.5 Å². The molecule has 1 atom stereocenters. The first-order chi connectivity index (χ1) is 10.1. The summed E-state index contributed by atoms with van der Waals surface area (Å²) < 4.78 is 1.99. The molecular formula is C16H14N2O3. The van der Waals surface area contributed by atoms with E-state index in [1.807, 2.05) is 22.9 Å². The topological polar surface area (TPSA) is 71.3 Å². The van der Waals surface area contributed by atoms with E-state index < -0.39 is 6.10 Å². The van der Waals surface area contributed by atoms with Gasteiger partial charge in [0.05, 0.1) is 17.2 Å². The molecule has 0 saturated heterocycles. The molecule has 2 aliphatic rings. The zero-order chi connectivity index (χ0) is 14.6. The summed E-state index contributed by atoms with van der Waals surface area (Å²) in [7, 11) is 0. The summed E-state index contributed by atoms with van der Waals surface area (Å²) in [5, 5.41) is 12.3. The highest BCUT2D eigenvalue weighted by Gasteiger charge is 2.28. The van der Waals surface area contributed by atoms with E-state index >= 15 is 0 Å². The summed E-state index contributed by atoms with van der Waals surface area (Å²) in [4.78, 5) is 23.3. The minimum atomic E-state index is -0.408. The molecule has 1 aliphatic heterocycles. The van der Waals surface area contributed by atoms with Crippen LogP contribution in [0.4, 0.5) is 0 Å². The van der Waals surface area contributed by atoms with Crippen molar-refractivity contribution < 1.29 is 14.7 Å². The molecule has 1 aromatic carbocycles. The summed E-state index contributed by atoms with van der Waals surface area (Å²) in [5.41, 5.74) is 3.72. The molecule has 21 heavy (non-hydrogen) atoms. The Labute approximate surface area is 121 Å². The second-order valence-corrected chi connectivity index (χ2v) is 5.51. The van der Waals surface area contributed by atoms with Gasteiger partial charge >= 0.3 is 0 Å². The zero-order valence-electron chi connectivity index (χ0n) is 11.3. The summed E-state index contributed by atoms with van der Waals surface area (Å²) in [6.07, 6.45) is 4.14. The lowest BCUT2D eigenvalue weighted by molar-refractivity contribution is 0.0879. The Kier molecular flexibility index (Phi) is 2.53. The first-order valence-corrected chi connectivity index (χ1v) is 7.03. The van der Waals surface area contributed by atoms with E-state index in [2.05, 4.69) is 5.32 Å². The molecule has 5 heteroatoms. The highest BCUT2D eigenvalue weighted by Crippen LogP contribution is 2.32. The number of hydrogen-bond acceptors (Lipinski definition) is 3. The van der Waals surface area contributed by atoms with Gasteiger partial charge in [-0.15, -0.1) is 0 Å². The molecule has 2 N–H and O–H groups in total. The molecular weight excluding hydrogens is 268 g/mol. The maximum Gasteiger partial charge on any atom is 0.259 e. The third-order valence-electron chi connectivity index (χ3n) is 4.27. The van der Waals surface area contributed by atoms with Crippen molar-refractivity contribution in [3.63, 3.8) is 0 Å². The average molecular weight is 282 g/mol. The van der Waals surface area contributed by atoms with Crippen molar-refractivity contribution in [1.82, 2.24) is 9.88 Å². The van der Waals surface area contributed by atoms with Crippen LogP contribution < -0.4 is 5.32 Å². The molecule has 1 aromatic heterocycles. The molecule has 1 unspecified atom stereocenters. The molecule has 0 saturated carbocycles. The third-order valence-corrected chi connectivity index (χ3v) is 4.27. The Morgan fingerprint density at radius 2 is 1.95 bits per heavy atom. The van der Waals surface area contributed by atoms with Crippen molar-refractivity contribution in [2.24, 2.45) is 0 Å². The largest absolute Gasteiger partial charge is 0.388 e. The van der Waals surface area contributed by atoms with E-state index in [-0.39, 0.29) is 11.8 Å². The number of aromatic nitrogens is 1. The smallest absolute Gasteiger partial charge is 0.259 e. The Balaban J connectivity index is 1.84. The van der Waals surface area contributed by atoms with Crippen LogP contribution in [0.15, 0.2) is 30.5 Å². The zero-order valence-corrected chi connectivity index (χ0v) is 11.3. The Morgan fingerprint density at radius 1 is 1.14 bits per heavy atom. The van der Waals surface area contributed by atoms with Crippen molar-refractivity contribution in [2.75, 3.05) is 0 Å². The van der Waals surface area contributed by atoms with E-state index in [1.54, 1.807) is 12.1 Å². The molecule has 0 bridgehead atoms. The van der Waals surface area contributed by atoms with Crippen molar-refractivity contribution >= 4 is 11.8 Å². The Hall–Kier alpha value is -2.40. The fraction of sp³-hybridized carbons (Fsp3) is 0.250. The van der Waals surface area contributed by atoms with Crippen LogP contribution in [0.3, 0.4) is 0 Å². The number of fused-ring (bicyclic) bond motifs is 2. The van der Waals surface area contributed by atoms with Gasteiger partial charge in [-0.2, -0.15) is 0 Å². The van der Waals surface area contributed by atoms with Crippen molar-refractivity contribution in [3.8, 4) is 5.69 Å². The lowest BCUT2D eigenvalue weighted by Crippen LogP contribution is -2.19. The Bertz CT molecular complexity index is 776. The summed E-state index contributed by atoms with van der Waals surface area (Å²) >= 11 is 0. The van der Waals surface area contributed by atoms with Crippen LogP contribution in [0.2, 0.25) is 0 Å². The van der Waals surface area contributed by atoms with Gasteiger partial charge in [0.15, 0.2) is 0 Å². The van der Waals surface area contributed by atoms with Gasteiger partial charge < -0.3 is 9.67 Å². The van der Waals surface area contributed by atoms with Crippen molar-refractivity contribution in [1.29, 1.82) is 0 Å². The molecule has 0 spiro atoms. The lowest BCUT2D eigenvalue weighted by atomic mass is 9.95. The molecule has 0 fully saturated rings. The molecule has 2 amide bonds. The number of rotatable bonds is 1. The average Bonchev–Trinajstić information content (AvgIpc) is 3.02. The van der Waals surface area contributed by atoms with E-state index in [1.165, 1.54) is 0 Å². The summed E-state index contributed by atoms with van der Waals surface area (Å²) in [6.45, 7) is 0.